The minimum absolute atomic E-state index is 0.0289. The monoisotopic (exact) mass is 205 g/mol. The van der Waals surface area contributed by atoms with Gasteiger partial charge in [0, 0.05) is 17.8 Å². The maximum Gasteiger partial charge on any atom is 0.266 e. The van der Waals surface area contributed by atoms with Gasteiger partial charge in [0.05, 0.1) is 5.75 Å². The van der Waals surface area contributed by atoms with Crippen molar-refractivity contribution in [3.8, 4) is 0 Å². The van der Waals surface area contributed by atoms with E-state index >= 15 is 0 Å². The molecule has 1 atom stereocenters. The van der Waals surface area contributed by atoms with Gasteiger partial charge in [-0.25, -0.2) is 0 Å². The highest BCUT2D eigenvalue weighted by Crippen LogP contribution is 1.74. The van der Waals surface area contributed by atoms with Gasteiger partial charge in [-0.15, -0.1) is 0 Å². The quantitative estimate of drug-likeness (QED) is 0.337. The summed E-state index contributed by atoms with van der Waals surface area (Å²) in [5.74, 6) is -0.354. The van der Waals surface area contributed by atoms with Gasteiger partial charge in [0.2, 0.25) is 0 Å². The van der Waals surface area contributed by atoms with E-state index in [1.54, 1.807) is 0 Å². The molecule has 0 aliphatic rings. The molecule has 0 spiro atoms. The van der Waals surface area contributed by atoms with E-state index in [2.05, 4.69) is 5.14 Å². The van der Waals surface area contributed by atoms with Gasteiger partial charge in [-0.2, -0.15) is 8.42 Å². The fourth-order valence-corrected chi connectivity index (χ4v) is 0.447. The van der Waals surface area contributed by atoms with Gasteiger partial charge < -0.3 is 10.3 Å². The zero-order valence-electron chi connectivity index (χ0n) is 5.47. The molecule has 5 N–H and O–H groups in total. The zero-order valence-corrected chi connectivity index (χ0v) is 7.10. The molecule has 0 bridgehead atoms. The van der Waals surface area contributed by atoms with Gasteiger partial charge in [0.25, 0.3) is 10.1 Å². The SMILES string of the molecule is NCCS(=O)(=O)O.NS(=O)[O-]. The molecule has 0 amide bonds. The molecule has 0 rings (SSSR count). The zero-order chi connectivity index (χ0) is 9.49. The Morgan fingerprint density at radius 3 is 1.82 bits per heavy atom. The van der Waals surface area contributed by atoms with Crippen LogP contribution < -0.4 is 10.9 Å². The molecule has 11 heavy (non-hydrogen) atoms. The highest BCUT2D eigenvalue weighted by Gasteiger charge is 1.98. The van der Waals surface area contributed by atoms with Crippen LogP contribution in [0.15, 0.2) is 0 Å². The summed E-state index contributed by atoms with van der Waals surface area (Å²) in [6.45, 7) is -0.0289. The van der Waals surface area contributed by atoms with Crippen LogP contribution in [-0.4, -0.2) is 34.0 Å². The van der Waals surface area contributed by atoms with E-state index in [4.69, 9.17) is 19.0 Å². The Kier molecular flexibility index (Phi) is 8.16. The van der Waals surface area contributed by atoms with Crippen molar-refractivity contribution in [2.75, 3.05) is 12.3 Å². The van der Waals surface area contributed by atoms with Crippen molar-refractivity contribution < 1.29 is 21.7 Å². The first kappa shape index (κ1) is 13.5. The summed E-state index contributed by atoms with van der Waals surface area (Å²) in [5, 5.41) is 4.03. The Morgan fingerprint density at radius 2 is 1.82 bits per heavy atom. The van der Waals surface area contributed by atoms with Crippen molar-refractivity contribution in [1.29, 1.82) is 0 Å². The van der Waals surface area contributed by atoms with Gasteiger partial charge in [0.15, 0.2) is 0 Å². The highest BCUT2D eigenvalue weighted by molar-refractivity contribution is 7.85. The van der Waals surface area contributed by atoms with Crippen molar-refractivity contribution in [3.63, 3.8) is 0 Å². The highest BCUT2D eigenvalue weighted by atomic mass is 32.2. The maximum atomic E-state index is 9.71. The van der Waals surface area contributed by atoms with Crippen LogP contribution in [0, 0.1) is 0 Å². The summed E-state index contributed by atoms with van der Waals surface area (Å²) >= 11 is -2.36. The summed E-state index contributed by atoms with van der Waals surface area (Å²) < 4.78 is 44.9. The molecule has 9 heteroatoms. The average molecular weight is 205 g/mol. The Morgan fingerprint density at radius 1 is 1.55 bits per heavy atom. The van der Waals surface area contributed by atoms with E-state index in [0.29, 0.717) is 0 Å². The molecule has 0 aromatic rings. The minimum Gasteiger partial charge on any atom is -0.760 e. The normalized spacial score (nSPS) is 13.1. The lowest BCUT2D eigenvalue weighted by atomic mass is 10.8. The Labute approximate surface area is 66.9 Å². The van der Waals surface area contributed by atoms with Crippen LogP contribution in [0.25, 0.3) is 0 Å². The molecule has 0 aliphatic carbocycles. The van der Waals surface area contributed by atoms with Gasteiger partial charge >= 0.3 is 0 Å². The van der Waals surface area contributed by atoms with Gasteiger partial charge in [0.1, 0.15) is 0 Å². The Bertz CT molecular complexity index is 195. The third-order valence-corrected chi connectivity index (χ3v) is 1.13. The van der Waals surface area contributed by atoms with Gasteiger partial charge in [-0.1, -0.05) is 0 Å². The van der Waals surface area contributed by atoms with Crippen molar-refractivity contribution in [1.82, 2.24) is 0 Å². The van der Waals surface area contributed by atoms with E-state index in [0.717, 1.165) is 0 Å². The summed E-state index contributed by atoms with van der Waals surface area (Å²) in [7, 11) is -3.80. The van der Waals surface area contributed by atoms with E-state index in [-0.39, 0.29) is 12.3 Å². The summed E-state index contributed by atoms with van der Waals surface area (Å²) in [5.41, 5.74) is 4.78. The van der Waals surface area contributed by atoms with E-state index < -0.39 is 21.4 Å². The van der Waals surface area contributed by atoms with Gasteiger partial charge in [-0.05, 0) is 0 Å². The lowest BCUT2D eigenvalue weighted by molar-refractivity contribution is 0.483. The minimum atomic E-state index is -3.80. The first-order valence-electron chi connectivity index (χ1n) is 2.28. The van der Waals surface area contributed by atoms with E-state index in [9.17, 15) is 8.42 Å². The molecule has 7 nitrogen and oxygen atoms in total. The van der Waals surface area contributed by atoms with Crippen molar-refractivity contribution in [2.24, 2.45) is 10.9 Å². The second-order valence-electron chi connectivity index (χ2n) is 1.34. The van der Waals surface area contributed by atoms with Crippen LogP contribution in [0.3, 0.4) is 0 Å². The standard InChI is InChI=1S/C2H7NO3S.H3NO2S/c3-1-2-7(4,5)6;1-4(2)3/h1-3H2,(H,4,5,6);1H2,(H,2,3)/p-1. The summed E-state index contributed by atoms with van der Waals surface area (Å²) in [6, 6.07) is 0. The number of hydrogen-bond acceptors (Lipinski definition) is 5. The molecule has 0 aliphatic heterocycles. The Hall–Kier alpha value is -0.0600. The summed E-state index contributed by atoms with van der Waals surface area (Å²) in [4.78, 5) is 0. The number of hydrogen-bond donors (Lipinski definition) is 3. The molecule has 1 unspecified atom stereocenters. The van der Waals surface area contributed by atoms with Crippen molar-refractivity contribution in [3.05, 3.63) is 0 Å². The van der Waals surface area contributed by atoms with E-state index in [1.165, 1.54) is 0 Å². The molecule has 0 fully saturated rings. The molecular weight excluding hydrogens is 196 g/mol. The second-order valence-corrected chi connectivity index (χ2v) is 3.43. The Balaban J connectivity index is 0. The molecule has 0 aromatic carbocycles. The second kappa shape index (κ2) is 6.64. The van der Waals surface area contributed by atoms with Crippen LogP contribution in [-0.2, 0) is 21.4 Å². The first-order chi connectivity index (χ1) is 4.79. The number of rotatable bonds is 2. The first-order valence-corrected chi connectivity index (χ1v) is 5.03. The predicted molar refractivity (Wildman–Crippen MR) is 38.6 cm³/mol. The fraction of sp³-hybridized carbons (Fsp3) is 1.00. The molecule has 70 valence electrons. The third kappa shape index (κ3) is 40.4. The van der Waals surface area contributed by atoms with E-state index in [1.807, 2.05) is 0 Å². The lowest BCUT2D eigenvalue weighted by Crippen LogP contribution is -2.13. The molecular formula is C2H9N2O5S2-. The number of nitrogens with two attached hydrogens (primary N) is 2. The predicted octanol–water partition coefficient (Wildman–Crippen LogP) is -2.43. The summed E-state index contributed by atoms with van der Waals surface area (Å²) in [6.07, 6.45) is 0. The van der Waals surface area contributed by atoms with Crippen LogP contribution in [0.1, 0.15) is 0 Å². The molecule has 0 radical (unpaired) electrons. The van der Waals surface area contributed by atoms with Crippen LogP contribution in [0.5, 0.6) is 0 Å². The molecule has 0 saturated heterocycles. The van der Waals surface area contributed by atoms with Crippen molar-refractivity contribution >= 4 is 21.4 Å². The van der Waals surface area contributed by atoms with Crippen LogP contribution in [0.2, 0.25) is 0 Å². The molecule has 0 saturated carbocycles. The van der Waals surface area contributed by atoms with Crippen LogP contribution in [0.4, 0.5) is 0 Å². The largest absolute Gasteiger partial charge is 0.760 e. The molecule has 0 heterocycles. The van der Waals surface area contributed by atoms with Gasteiger partial charge in [-0.3, -0.25) is 13.9 Å². The smallest absolute Gasteiger partial charge is 0.266 e. The lowest BCUT2D eigenvalue weighted by Gasteiger charge is -1.86. The van der Waals surface area contributed by atoms with Crippen molar-refractivity contribution in [2.45, 2.75) is 0 Å². The van der Waals surface area contributed by atoms with Crippen LogP contribution >= 0.6 is 0 Å². The third-order valence-electron chi connectivity index (χ3n) is 0.376. The fourth-order valence-electron chi connectivity index (χ4n) is 0.149. The molecule has 0 aromatic heterocycles. The maximum absolute atomic E-state index is 9.71. The topological polar surface area (TPSA) is 147 Å². The average Bonchev–Trinajstić information content (AvgIpc) is 1.58.